The van der Waals surface area contributed by atoms with Crippen LogP contribution >= 0.6 is 11.8 Å². The van der Waals surface area contributed by atoms with E-state index in [0.717, 1.165) is 22.4 Å². The summed E-state index contributed by atoms with van der Waals surface area (Å²) in [5.74, 6) is 0.135. The van der Waals surface area contributed by atoms with E-state index in [9.17, 15) is 14.9 Å². The summed E-state index contributed by atoms with van der Waals surface area (Å²) in [7, 11) is 0. The zero-order valence-electron chi connectivity index (χ0n) is 25.5. The summed E-state index contributed by atoms with van der Waals surface area (Å²) in [5.41, 5.74) is 2.64. The lowest BCUT2D eigenvalue weighted by Gasteiger charge is -2.45. The predicted molar refractivity (Wildman–Crippen MR) is 175 cm³/mol. The number of carbonyl (C=O) groups excluding carboxylic acids is 1. The molecule has 0 spiro atoms. The summed E-state index contributed by atoms with van der Waals surface area (Å²) >= 11 is 1.59. The highest BCUT2D eigenvalue weighted by Gasteiger charge is 2.49. The minimum absolute atomic E-state index is 0.110. The van der Waals surface area contributed by atoms with E-state index in [1.165, 1.54) is 24.3 Å². The Balaban J connectivity index is 1.41. The van der Waals surface area contributed by atoms with Crippen molar-refractivity contribution in [2.45, 2.75) is 56.6 Å². The van der Waals surface area contributed by atoms with Crippen LogP contribution in [0.25, 0.3) is 0 Å². The third kappa shape index (κ3) is 9.24. The van der Waals surface area contributed by atoms with Gasteiger partial charge in [-0.2, -0.15) is 0 Å². The molecule has 0 unspecified atom stereocenters. The molecule has 0 radical (unpaired) electrons. The molecule has 9 nitrogen and oxygen atoms in total. The number of benzene rings is 4. The van der Waals surface area contributed by atoms with Gasteiger partial charge >= 0.3 is 5.97 Å². The Morgan fingerprint density at radius 2 is 1.20 bits per heavy atom. The minimum Gasteiger partial charge on any atom is -0.459 e. The van der Waals surface area contributed by atoms with Gasteiger partial charge in [0, 0.05) is 12.1 Å². The van der Waals surface area contributed by atoms with Gasteiger partial charge in [0.05, 0.1) is 30.3 Å². The van der Waals surface area contributed by atoms with Gasteiger partial charge in [0.15, 0.2) is 0 Å². The number of esters is 1. The van der Waals surface area contributed by atoms with Gasteiger partial charge in [-0.15, -0.1) is 11.8 Å². The Hall–Kier alpha value is -4.06. The third-order valence-electron chi connectivity index (χ3n) is 7.47. The maximum atomic E-state index is 13.0. The molecule has 5 rings (SSSR count). The van der Waals surface area contributed by atoms with Crippen molar-refractivity contribution in [3.05, 3.63) is 148 Å². The molecule has 10 heteroatoms. The van der Waals surface area contributed by atoms with E-state index in [1.54, 1.807) is 11.8 Å². The zero-order chi connectivity index (χ0) is 32.1. The molecule has 1 aliphatic heterocycles. The molecule has 4 aromatic carbocycles. The molecule has 0 aromatic heterocycles. The first-order valence-electron chi connectivity index (χ1n) is 15.2. The number of carbonyl (C=O) groups is 1. The van der Waals surface area contributed by atoms with Crippen molar-refractivity contribution in [3.63, 3.8) is 0 Å². The Morgan fingerprint density at radius 1 is 0.717 bits per heavy atom. The quantitative estimate of drug-likeness (QED) is 0.0770. The molecule has 240 valence electrons. The van der Waals surface area contributed by atoms with E-state index >= 15 is 0 Å². The molecule has 5 atom stereocenters. The SMILES string of the molecule is CCS[C@H]1O[C@H](COC(=O)c2ccc([N+](=O)[O-])cc2)[C@@H](OCc2ccccc2)[C@H](OCc2ccccc2)[C@@H]1OCc1ccccc1. The zero-order valence-corrected chi connectivity index (χ0v) is 26.3. The first-order chi connectivity index (χ1) is 22.5. The average molecular weight is 644 g/mol. The van der Waals surface area contributed by atoms with Crippen molar-refractivity contribution >= 4 is 23.4 Å². The second-order valence-corrected chi connectivity index (χ2v) is 12.1. The van der Waals surface area contributed by atoms with Crippen LogP contribution in [0.1, 0.15) is 34.0 Å². The number of hydrogen-bond acceptors (Lipinski definition) is 9. The van der Waals surface area contributed by atoms with Crippen molar-refractivity contribution in [2.75, 3.05) is 12.4 Å². The average Bonchev–Trinajstić information content (AvgIpc) is 3.10. The fourth-order valence-electron chi connectivity index (χ4n) is 5.14. The Morgan fingerprint density at radius 3 is 1.67 bits per heavy atom. The molecule has 1 aliphatic rings. The van der Waals surface area contributed by atoms with Crippen LogP contribution < -0.4 is 0 Å². The number of ether oxygens (including phenoxy) is 5. The van der Waals surface area contributed by atoms with Crippen LogP contribution in [0.2, 0.25) is 0 Å². The number of hydrogen-bond donors (Lipinski definition) is 0. The second-order valence-electron chi connectivity index (χ2n) is 10.7. The molecule has 0 bridgehead atoms. The Labute approximate surface area is 272 Å². The maximum Gasteiger partial charge on any atom is 0.338 e. The van der Waals surface area contributed by atoms with Crippen LogP contribution in [0.3, 0.4) is 0 Å². The van der Waals surface area contributed by atoms with Crippen molar-refractivity contribution in [1.82, 2.24) is 0 Å². The highest BCUT2D eigenvalue weighted by molar-refractivity contribution is 7.99. The summed E-state index contributed by atoms with van der Waals surface area (Å²) in [6.45, 7) is 2.88. The highest BCUT2D eigenvalue weighted by atomic mass is 32.2. The Bertz CT molecular complexity index is 1510. The van der Waals surface area contributed by atoms with Crippen LogP contribution in [-0.2, 0) is 43.5 Å². The van der Waals surface area contributed by atoms with Crippen LogP contribution in [-0.4, -0.2) is 53.1 Å². The smallest absolute Gasteiger partial charge is 0.338 e. The first kappa shape index (κ1) is 33.3. The molecule has 0 saturated carbocycles. The topological polar surface area (TPSA) is 106 Å². The van der Waals surface area contributed by atoms with Gasteiger partial charge in [-0.3, -0.25) is 10.1 Å². The fourth-order valence-corrected chi connectivity index (χ4v) is 6.11. The maximum absolute atomic E-state index is 13.0. The normalized spacial score (nSPS) is 21.0. The van der Waals surface area contributed by atoms with Crippen LogP contribution in [0.5, 0.6) is 0 Å². The lowest BCUT2D eigenvalue weighted by molar-refractivity contribution is -0.384. The fraction of sp³-hybridized carbons (Fsp3) is 0.306. The highest BCUT2D eigenvalue weighted by Crippen LogP contribution is 2.35. The van der Waals surface area contributed by atoms with Crippen molar-refractivity contribution < 1.29 is 33.4 Å². The van der Waals surface area contributed by atoms with Crippen molar-refractivity contribution in [2.24, 2.45) is 0 Å². The molecule has 46 heavy (non-hydrogen) atoms. The number of non-ortho nitro benzene ring substituents is 1. The molecule has 0 amide bonds. The molecule has 1 heterocycles. The number of nitro groups is 1. The van der Waals surface area contributed by atoms with Crippen LogP contribution in [0, 0.1) is 10.1 Å². The van der Waals surface area contributed by atoms with E-state index in [2.05, 4.69) is 0 Å². The van der Waals surface area contributed by atoms with E-state index in [4.69, 9.17) is 23.7 Å². The molecule has 1 fully saturated rings. The second kappa shape index (κ2) is 17.0. The summed E-state index contributed by atoms with van der Waals surface area (Å²) in [5, 5.41) is 11.1. The van der Waals surface area contributed by atoms with Gasteiger partial charge in [-0.05, 0) is 34.6 Å². The molecular formula is C36H37NO8S. The lowest BCUT2D eigenvalue weighted by Crippen LogP contribution is -2.60. The van der Waals surface area contributed by atoms with E-state index in [0.29, 0.717) is 13.2 Å². The summed E-state index contributed by atoms with van der Waals surface area (Å²) in [6, 6.07) is 34.9. The molecule has 0 aliphatic carbocycles. The van der Waals surface area contributed by atoms with Gasteiger partial charge in [0.1, 0.15) is 36.5 Å². The number of nitro benzene ring substituents is 1. The van der Waals surface area contributed by atoms with Crippen molar-refractivity contribution in [1.29, 1.82) is 0 Å². The third-order valence-corrected chi connectivity index (χ3v) is 8.51. The van der Waals surface area contributed by atoms with Gasteiger partial charge in [-0.25, -0.2) is 4.79 Å². The monoisotopic (exact) mass is 643 g/mol. The Kier molecular flexibility index (Phi) is 12.3. The number of rotatable bonds is 15. The summed E-state index contributed by atoms with van der Waals surface area (Å²) in [6.07, 6.45) is -2.43. The van der Waals surface area contributed by atoms with E-state index in [-0.39, 0.29) is 24.5 Å². The van der Waals surface area contributed by atoms with Gasteiger partial charge < -0.3 is 23.7 Å². The molecule has 1 saturated heterocycles. The number of nitrogens with zero attached hydrogens (tertiary/aromatic N) is 1. The largest absolute Gasteiger partial charge is 0.459 e. The number of thioether (sulfide) groups is 1. The van der Waals surface area contributed by atoms with E-state index in [1.807, 2.05) is 97.9 Å². The lowest BCUT2D eigenvalue weighted by atomic mass is 9.98. The molecule has 4 aromatic rings. The van der Waals surface area contributed by atoms with Crippen LogP contribution in [0.15, 0.2) is 115 Å². The summed E-state index contributed by atoms with van der Waals surface area (Å²) < 4.78 is 32.1. The molecule has 0 N–H and O–H groups in total. The standard InChI is InChI=1S/C36H37NO8S/c1-2-46-36-34(43-24-28-16-10-5-11-17-28)33(42-23-27-14-8-4-9-15-27)32(41-22-26-12-6-3-7-13-26)31(45-36)25-44-35(38)29-18-20-30(21-19-29)37(39)40/h3-21,31-34,36H,2,22-25H2,1H3/t31-,32-,33+,34+,36-/m1/s1. The first-order valence-corrected chi connectivity index (χ1v) is 16.2. The summed E-state index contributed by atoms with van der Waals surface area (Å²) in [4.78, 5) is 23.6. The van der Waals surface area contributed by atoms with Crippen LogP contribution in [0.4, 0.5) is 5.69 Å². The van der Waals surface area contributed by atoms with Crippen molar-refractivity contribution in [3.8, 4) is 0 Å². The van der Waals surface area contributed by atoms with Gasteiger partial charge in [-0.1, -0.05) is 97.9 Å². The minimum atomic E-state index is -0.688. The molecular weight excluding hydrogens is 606 g/mol. The predicted octanol–water partition coefficient (Wildman–Crippen LogP) is 6.99. The van der Waals surface area contributed by atoms with E-state index < -0.39 is 40.7 Å². The van der Waals surface area contributed by atoms with Gasteiger partial charge in [0.2, 0.25) is 0 Å². The van der Waals surface area contributed by atoms with Gasteiger partial charge in [0.25, 0.3) is 5.69 Å².